The second kappa shape index (κ2) is 5.47. The van der Waals surface area contributed by atoms with Gasteiger partial charge in [0.05, 0.1) is 11.6 Å². The Labute approximate surface area is 102 Å². The number of rotatable bonds is 3. The minimum atomic E-state index is -0.724. The van der Waals surface area contributed by atoms with E-state index in [1.165, 1.54) is 6.92 Å². The fourth-order valence-electron chi connectivity index (χ4n) is 1.23. The molecule has 0 saturated carbocycles. The van der Waals surface area contributed by atoms with Crippen LogP contribution in [0.2, 0.25) is 0 Å². The first-order valence-corrected chi connectivity index (χ1v) is 5.36. The Hall–Kier alpha value is -1.60. The Kier molecular flexibility index (Phi) is 4.27. The molecule has 1 unspecified atom stereocenters. The molecule has 0 aliphatic carbocycles. The highest BCUT2D eigenvalue weighted by atomic mass is 79.9. The van der Waals surface area contributed by atoms with Gasteiger partial charge >= 0.3 is 5.97 Å². The zero-order valence-electron chi connectivity index (χ0n) is 8.74. The summed E-state index contributed by atoms with van der Waals surface area (Å²) in [5, 5.41) is 8.81. The van der Waals surface area contributed by atoms with E-state index < -0.39 is 12.1 Å². The van der Waals surface area contributed by atoms with Gasteiger partial charge in [0.1, 0.15) is 0 Å². The average molecular weight is 280 g/mol. The van der Waals surface area contributed by atoms with Gasteiger partial charge in [-0.05, 0) is 6.07 Å². The highest BCUT2D eigenvalue weighted by Crippen LogP contribution is 2.30. The molecule has 0 saturated heterocycles. The number of nitriles is 1. The zero-order chi connectivity index (χ0) is 12.1. The summed E-state index contributed by atoms with van der Waals surface area (Å²) in [4.78, 5) is 11.0. The third kappa shape index (κ3) is 2.94. The van der Waals surface area contributed by atoms with Crippen molar-refractivity contribution in [2.24, 2.45) is 0 Å². The van der Waals surface area contributed by atoms with Gasteiger partial charge in [0, 0.05) is 17.0 Å². The summed E-state index contributed by atoms with van der Waals surface area (Å²) in [7, 11) is 0. The number of carbonyl (C=O) groups excluding carboxylic acids is 1. The highest BCUT2D eigenvalue weighted by molar-refractivity contribution is 9.10. The third-order valence-corrected chi connectivity index (χ3v) is 2.65. The minimum absolute atomic E-state index is 0.196. The molecule has 0 aliphatic heterocycles. The van der Waals surface area contributed by atoms with Crippen LogP contribution in [0, 0.1) is 11.3 Å². The fraction of sp³-hybridized carbons (Fsp3) is 0.167. The lowest BCUT2D eigenvalue weighted by atomic mass is 10.0. The van der Waals surface area contributed by atoms with Crippen LogP contribution in [0.5, 0.6) is 0 Å². The molecule has 0 N–H and O–H groups in total. The van der Waals surface area contributed by atoms with Crippen molar-refractivity contribution in [3.63, 3.8) is 0 Å². The largest absolute Gasteiger partial charge is 0.452 e. The molecule has 0 spiro atoms. The SMILES string of the molecule is C=C(C#N)C(OC(C)=O)c1ccccc1Br. The van der Waals surface area contributed by atoms with Crippen LogP contribution in [-0.2, 0) is 9.53 Å². The normalized spacial score (nSPS) is 11.3. The monoisotopic (exact) mass is 279 g/mol. The standard InChI is InChI=1S/C12H10BrNO2/c1-8(7-14)12(16-9(2)15)10-5-3-4-6-11(10)13/h3-6,12H,1H2,2H3. The van der Waals surface area contributed by atoms with Gasteiger partial charge < -0.3 is 4.74 Å². The van der Waals surface area contributed by atoms with Crippen molar-refractivity contribution in [3.8, 4) is 6.07 Å². The molecule has 4 heteroatoms. The molecule has 1 rings (SSSR count). The van der Waals surface area contributed by atoms with Crippen molar-refractivity contribution < 1.29 is 9.53 Å². The lowest BCUT2D eigenvalue weighted by Crippen LogP contribution is -2.10. The van der Waals surface area contributed by atoms with Crippen molar-refractivity contribution in [2.45, 2.75) is 13.0 Å². The number of hydrogen-bond donors (Lipinski definition) is 0. The fourth-order valence-corrected chi connectivity index (χ4v) is 1.73. The van der Waals surface area contributed by atoms with Crippen molar-refractivity contribution in [3.05, 3.63) is 46.5 Å². The molecular weight excluding hydrogens is 270 g/mol. The van der Waals surface area contributed by atoms with E-state index in [4.69, 9.17) is 10.00 Å². The molecule has 0 bridgehead atoms. The first-order valence-electron chi connectivity index (χ1n) is 4.56. The van der Waals surface area contributed by atoms with E-state index in [1.54, 1.807) is 12.1 Å². The Morgan fingerprint density at radius 3 is 2.69 bits per heavy atom. The maximum atomic E-state index is 11.0. The van der Waals surface area contributed by atoms with Crippen LogP contribution >= 0.6 is 15.9 Å². The number of hydrogen-bond acceptors (Lipinski definition) is 3. The Morgan fingerprint density at radius 2 is 2.19 bits per heavy atom. The number of esters is 1. The lowest BCUT2D eigenvalue weighted by Gasteiger charge is -2.17. The summed E-state index contributed by atoms with van der Waals surface area (Å²) in [5.74, 6) is -0.447. The van der Waals surface area contributed by atoms with Gasteiger partial charge in [-0.15, -0.1) is 0 Å². The van der Waals surface area contributed by atoms with E-state index in [-0.39, 0.29) is 5.57 Å². The number of halogens is 1. The molecule has 0 heterocycles. The number of benzene rings is 1. The van der Waals surface area contributed by atoms with E-state index in [1.807, 2.05) is 18.2 Å². The maximum Gasteiger partial charge on any atom is 0.303 e. The molecule has 3 nitrogen and oxygen atoms in total. The molecule has 0 aliphatic rings. The second-order valence-electron chi connectivity index (χ2n) is 3.15. The lowest BCUT2D eigenvalue weighted by molar-refractivity contribution is -0.144. The summed E-state index contributed by atoms with van der Waals surface area (Å²) >= 11 is 3.34. The first kappa shape index (κ1) is 12.5. The molecule has 0 radical (unpaired) electrons. The quantitative estimate of drug-likeness (QED) is 0.631. The zero-order valence-corrected chi connectivity index (χ0v) is 10.3. The maximum absolute atomic E-state index is 11.0. The molecule has 82 valence electrons. The topological polar surface area (TPSA) is 50.1 Å². The Morgan fingerprint density at radius 1 is 1.56 bits per heavy atom. The smallest absolute Gasteiger partial charge is 0.303 e. The molecule has 0 aromatic heterocycles. The van der Waals surface area contributed by atoms with Crippen molar-refractivity contribution in [2.75, 3.05) is 0 Å². The van der Waals surface area contributed by atoms with Crippen LogP contribution in [0.4, 0.5) is 0 Å². The van der Waals surface area contributed by atoms with Crippen molar-refractivity contribution in [1.29, 1.82) is 5.26 Å². The van der Waals surface area contributed by atoms with E-state index >= 15 is 0 Å². The Balaban J connectivity index is 3.12. The summed E-state index contributed by atoms with van der Waals surface area (Å²) in [5.41, 5.74) is 0.909. The molecule has 1 atom stereocenters. The molecule has 0 fully saturated rings. The summed E-state index contributed by atoms with van der Waals surface area (Å²) in [6, 6.07) is 9.15. The minimum Gasteiger partial charge on any atom is -0.452 e. The number of ether oxygens (including phenoxy) is 1. The van der Waals surface area contributed by atoms with E-state index in [2.05, 4.69) is 22.5 Å². The van der Waals surface area contributed by atoms with Gasteiger partial charge in [-0.3, -0.25) is 4.79 Å². The van der Waals surface area contributed by atoms with E-state index in [0.717, 1.165) is 4.47 Å². The number of nitrogens with zero attached hydrogens (tertiary/aromatic N) is 1. The predicted molar refractivity (Wildman–Crippen MR) is 63.4 cm³/mol. The summed E-state index contributed by atoms with van der Waals surface area (Å²) in [6.07, 6.45) is -0.724. The van der Waals surface area contributed by atoms with Crippen LogP contribution < -0.4 is 0 Å². The van der Waals surface area contributed by atoms with Crippen LogP contribution in [0.15, 0.2) is 40.9 Å². The molecule has 16 heavy (non-hydrogen) atoms. The molecular formula is C12H10BrNO2. The van der Waals surface area contributed by atoms with Crippen LogP contribution in [0.25, 0.3) is 0 Å². The molecule has 1 aromatic carbocycles. The average Bonchev–Trinajstić information content (AvgIpc) is 2.26. The molecule has 0 amide bonds. The van der Waals surface area contributed by atoms with Crippen molar-refractivity contribution in [1.82, 2.24) is 0 Å². The van der Waals surface area contributed by atoms with Crippen LogP contribution in [-0.4, -0.2) is 5.97 Å². The van der Waals surface area contributed by atoms with Crippen LogP contribution in [0.3, 0.4) is 0 Å². The predicted octanol–water partition coefficient (Wildman–Crippen LogP) is 3.13. The number of carbonyl (C=O) groups is 1. The van der Waals surface area contributed by atoms with Gasteiger partial charge in [0.15, 0.2) is 6.10 Å². The van der Waals surface area contributed by atoms with Gasteiger partial charge in [-0.2, -0.15) is 5.26 Å². The van der Waals surface area contributed by atoms with E-state index in [9.17, 15) is 4.79 Å². The van der Waals surface area contributed by atoms with Gasteiger partial charge in [0.25, 0.3) is 0 Å². The van der Waals surface area contributed by atoms with Crippen molar-refractivity contribution >= 4 is 21.9 Å². The highest BCUT2D eigenvalue weighted by Gasteiger charge is 2.20. The Bertz CT molecular complexity index is 462. The summed E-state index contributed by atoms with van der Waals surface area (Å²) < 4.78 is 5.85. The first-order chi connectivity index (χ1) is 7.56. The van der Waals surface area contributed by atoms with Gasteiger partial charge in [-0.25, -0.2) is 0 Å². The van der Waals surface area contributed by atoms with Gasteiger partial charge in [-0.1, -0.05) is 40.7 Å². The van der Waals surface area contributed by atoms with E-state index in [0.29, 0.717) is 5.56 Å². The third-order valence-electron chi connectivity index (χ3n) is 1.93. The van der Waals surface area contributed by atoms with Gasteiger partial charge in [0.2, 0.25) is 0 Å². The second-order valence-corrected chi connectivity index (χ2v) is 4.00. The molecule has 1 aromatic rings. The van der Waals surface area contributed by atoms with Crippen LogP contribution in [0.1, 0.15) is 18.6 Å². The summed E-state index contributed by atoms with van der Waals surface area (Å²) in [6.45, 7) is 4.88.